The maximum atomic E-state index is 12.3. The van der Waals surface area contributed by atoms with Crippen molar-refractivity contribution in [2.75, 3.05) is 5.32 Å². The SMILES string of the molecule is Cc1ccc(S(=O)(=O)NCc2ccc(/C=N/NC(=O)C(=O)Nc3ccccc3Br)o2)cc1. The predicted molar refractivity (Wildman–Crippen MR) is 122 cm³/mol. The van der Waals surface area contributed by atoms with Gasteiger partial charge in [-0.05, 0) is 59.3 Å². The number of furan rings is 1. The van der Waals surface area contributed by atoms with Crippen LogP contribution in [0.25, 0.3) is 0 Å². The van der Waals surface area contributed by atoms with Crippen LogP contribution in [0.4, 0.5) is 5.69 Å². The number of rotatable bonds is 7. The Bertz CT molecular complexity index is 1250. The van der Waals surface area contributed by atoms with Gasteiger partial charge in [-0.2, -0.15) is 5.10 Å². The maximum absolute atomic E-state index is 12.3. The molecule has 0 bridgehead atoms. The summed E-state index contributed by atoms with van der Waals surface area (Å²) >= 11 is 3.27. The van der Waals surface area contributed by atoms with Crippen molar-refractivity contribution >= 4 is 49.7 Å². The molecule has 1 heterocycles. The molecule has 0 aliphatic heterocycles. The van der Waals surface area contributed by atoms with Crippen molar-refractivity contribution in [3.05, 3.63) is 82.2 Å². The average Bonchev–Trinajstić information content (AvgIpc) is 3.22. The first-order valence-electron chi connectivity index (χ1n) is 9.28. The van der Waals surface area contributed by atoms with Crippen LogP contribution in [-0.4, -0.2) is 26.4 Å². The Morgan fingerprint density at radius 2 is 1.75 bits per heavy atom. The molecule has 0 fully saturated rings. The third-order valence-corrected chi connectivity index (χ3v) is 6.24. The van der Waals surface area contributed by atoms with Gasteiger partial charge in [0.2, 0.25) is 10.0 Å². The predicted octanol–water partition coefficient (Wildman–Crippen LogP) is 2.92. The van der Waals surface area contributed by atoms with Gasteiger partial charge in [-0.1, -0.05) is 29.8 Å². The highest BCUT2D eigenvalue weighted by molar-refractivity contribution is 9.10. The molecule has 0 saturated carbocycles. The zero-order valence-corrected chi connectivity index (χ0v) is 19.2. The second-order valence-corrected chi connectivity index (χ2v) is 9.20. The summed E-state index contributed by atoms with van der Waals surface area (Å²) in [6.07, 6.45) is 1.20. The van der Waals surface area contributed by atoms with Gasteiger partial charge in [0.1, 0.15) is 11.5 Å². The Labute approximate surface area is 193 Å². The van der Waals surface area contributed by atoms with Crippen LogP contribution >= 0.6 is 15.9 Å². The number of nitrogens with one attached hydrogen (secondary N) is 3. The van der Waals surface area contributed by atoms with E-state index in [9.17, 15) is 18.0 Å². The van der Waals surface area contributed by atoms with E-state index >= 15 is 0 Å². The molecule has 3 aromatic rings. The third kappa shape index (κ3) is 6.36. The number of halogens is 1. The highest BCUT2D eigenvalue weighted by Gasteiger charge is 2.15. The van der Waals surface area contributed by atoms with Gasteiger partial charge in [-0.25, -0.2) is 18.6 Å². The van der Waals surface area contributed by atoms with Crippen LogP contribution in [0.2, 0.25) is 0 Å². The maximum Gasteiger partial charge on any atom is 0.329 e. The number of sulfonamides is 1. The fraction of sp³-hybridized carbons (Fsp3) is 0.0952. The first-order chi connectivity index (χ1) is 15.2. The third-order valence-electron chi connectivity index (χ3n) is 4.14. The van der Waals surface area contributed by atoms with E-state index in [2.05, 4.69) is 36.5 Å². The van der Waals surface area contributed by atoms with Crippen LogP contribution in [0.15, 0.2) is 79.6 Å². The van der Waals surface area contributed by atoms with Crippen molar-refractivity contribution in [2.45, 2.75) is 18.4 Å². The van der Waals surface area contributed by atoms with Crippen LogP contribution in [0, 0.1) is 6.92 Å². The molecule has 166 valence electrons. The van der Waals surface area contributed by atoms with Crippen LogP contribution in [0.1, 0.15) is 17.1 Å². The van der Waals surface area contributed by atoms with E-state index in [1.54, 1.807) is 48.5 Å². The first-order valence-corrected chi connectivity index (χ1v) is 11.6. The number of benzene rings is 2. The molecule has 0 aliphatic carbocycles. The number of hydrazone groups is 1. The number of amides is 2. The minimum Gasteiger partial charge on any atom is -0.459 e. The Hall–Kier alpha value is -3.28. The molecule has 0 spiro atoms. The van der Waals surface area contributed by atoms with Crippen LogP contribution in [0.3, 0.4) is 0 Å². The monoisotopic (exact) mass is 518 g/mol. The summed E-state index contributed by atoms with van der Waals surface area (Å²) < 4.78 is 33.2. The molecule has 32 heavy (non-hydrogen) atoms. The Morgan fingerprint density at radius 3 is 2.47 bits per heavy atom. The van der Waals surface area contributed by atoms with Gasteiger partial charge in [0.05, 0.1) is 23.3 Å². The average molecular weight is 519 g/mol. The molecular weight excluding hydrogens is 500 g/mol. The fourth-order valence-electron chi connectivity index (χ4n) is 2.47. The van der Waals surface area contributed by atoms with E-state index in [1.807, 2.05) is 6.92 Å². The van der Waals surface area contributed by atoms with Gasteiger partial charge < -0.3 is 9.73 Å². The number of para-hydroxylation sites is 1. The Balaban J connectivity index is 1.51. The normalized spacial score (nSPS) is 11.4. The quantitative estimate of drug-likeness (QED) is 0.251. The van der Waals surface area contributed by atoms with E-state index in [1.165, 1.54) is 18.3 Å². The fourth-order valence-corrected chi connectivity index (χ4v) is 3.85. The van der Waals surface area contributed by atoms with E-state index in [0.717, 1.165) is 5.56 Å². The van der Waals surface area contributed by atoms with E-state index in [-0.39, 0.29) is 17.2 Å². The topological polar surface area (TPSA) is 130 Å². The standard InChI is InChI=1S/C21H19BrN4O5S/c1-14-6-10-17(11-7-14)32(29,30)24-13-16-9-8-15(31-16)12-23-26-21(28)20(27)25-19-5-3-2-4-18(19)22/h2-12,24H,13H2,1H3,(H,25,27)(H,26,28)/b23-12+. The lowest BCUT2D eigenvalue weighted by Crippen LogP contribution is -2.32. The number of hydrogen-bond acceptors (Lipinski definition) is 6. The molecule has 1 aromatic heterocycles. The van der Waals surface area contributed by atoms with Gasteiger partial charge in [-0.3, -0.25) is 9.59 Å². The summed E-state index contributed by atoms with van der Waals surface area (Å²) in [6, 6.07) is 16.4. The van der Waals surface area contributed by atoms with Crippen LogP contribution < -0.4 is 15.5 Å². The molecule has 9 nitrogen and oxygen atoms in total. The number of nitrogens with zero attached hydrogens (tertiary/aromatic N) is 1. The molecular formula is C21H19BrN4O5S. The molecule has 2 aromatic carbocycles. The number of anilines is 1. The highest BCUT2D eigenvalue weighted by Crippen LogP contribution is 2.20. The number of aryl methyl sites for hydroxylation is 1. The first kappa shape index (κ1) is 23.4. The summed E-state index contributed by atoms with van der Waals surface area (Å²) in [6.45, 7) is 1.80. The summed E-state index contributed by atoms with van der Waals surface area (Å²) in [7, 11) is -3.68. The number of carbonyl (C=O) groups is 2. The molecule has 0 atom stereocenters. The zero-order valence-electron chi connectivity index (χ0n) is 16.8. The molecule has 0 radical (unpaired) electrons. The summed E-state index contributed by atoms with van der Waals surface area (Å²) in [4.78, 5) is 23.9. The molecule has 0 unspecified atom stereocenters. The Kier molecular flexibility index (Phi) is 7.57. The van der Waals surface area contributed by atoms with Crippen molar-refractivity contribution in [3.63, 3.8) is 0 Å². The lowest BCUT2D eigenvalue weighted by molar-refractivity contribution is -0.136. The van der Waals surface area contributed by atoms with Crippen molar-refractivity contribution in [2.24, 2.45) is 5.10 Å². The van der Waals surface area contributed by atoms with Gasteiger partial charge in [0, 0.05) is 4.47 Å². The van der Waals surface area contributed by atoms with Gasteiger partial charge in [-0.15, -0.1) is 0 Å². The Morgan fingerprint density at radius 1 is 1.03 bits per heavy atom. The molecule has 0 aliphatic rings. The van der Waals surface area contributed by atoms with Crippen molar-refractivity contribution in [1.82, 2.24) is 10.1 Å². The molecule has 2 amide bonds. The molecule has 11 heteroatoms. The van der Waals surface area contributed by atoms with Crippen LogP contribution in [0.5, 0.6) is 0 Å². The second kappa shape index (κ2) is 10.4. The zero-order chi connectivity index (χ0) is 23.1. The van der Waals surface area contributed by atoms with Crippen molar-refractivity contribution < 1.29 is 22.4 Å². The lowest BCUT2D eigenvalue weighted by atomic mass is 10.2. The molecule has 3 N–H and O–H groups in total. The van der Waals surface area contributed by atoms with E-state index < -0.39 is 21.8 Å². The van der Waals surface area contributed by atoms with Gasteiger partial charge in [0.25, 0.3) is 0 Å². The summed E-state index contributed by atoms with van der Waals surface area (Å²) in [5.41, 5.74) is 3.49. The minimum atomic E-state index is -3.68. The van der Waals surface area contributed by atoms with Crippen molar-refractivity contribution in [3.8, 4) is 0 Å². The summed E-state index contributed by atoms with van der Waals surface area (Å²) in [5, 5.41) is 6.12. The molecule has 0 saturated heterocycles. The lowest BCUT2D eigenvalue weighted by Gasteiger charge is -2.05. The smallest absolute Gasteiger partial charge is 0.329 e. The second-order valence-electron chi connectivity index (χ2n) is 6.57. The van der Waals surface area contributed by atoms with Crippen molar-refractivity contribution in [1.29, 1.82) is 0 Å². The van der Waals surface area contributed by atoms with Gasteiger partial charge >= 0.3 is 11.8 Å². The highest BCUT2D eigenvalue weighted by atomic mass is 79.9. The number of carbonyl (C=O) groups excluding carboxylic acids is 2. The largest absolute Gasteiger partial charge is 0.459 e. The van der Waals surface area contributed by atoms with E-state index in [0.29, 0.717) is 15.9 Å². The summed E-state index contributed by atoms with van der Waals surface area (Å²) in [5.74, 6) is -1.24. The van der Waals surface area contributed by atoms with Crippen LogP contribution in [-0.2, 0) is 26.2 Å². The van der Waals surface area contributed by atoms with Gasteiger partial charge in [0.15, 0.2) is 0 Å². The molecule has 3 rings (SSSR count). The minimum absolute atomic E-state index is 0.0647. The van der Waals surface area contributed by atoms with E-state index in [4.69, 9.17) is 4.42 Å². The number of hydrogen-bond donors (Lipinski definition) is 3.